The molecule has 22 heavy (non-hydrogen) atoms. The van der Waals surface area contributed by atoms with Gasteiger partial charge in [0.2, 0.25) is 4.96 Å². The number of hydrogen-bond acceptors (Lipinski definition) is 5. The lowest BCUT2D eigenvalue weighted by Crippen LogP contribution is -1.95. The van der Waals surface area contributed by atoms with Crippen LogP contribution in [0.3, 0.4) is 0 Å². The van der Waals surface area contributed by atoms with E-state index in [1.54, 1.807) is 16.8 Å². The molecule has 0 spiro atoms. The fourth-order valence-corrected chi connectivity index (χ4v) is 3.28. The number of aromatic nitrogens is 3. The highest BCUT2D eigenvalue weighted by Gasteiger charge is 2.19. The first-order valence-corrected chi connectivity index (χ1v) is 7.68. The van der Waals surface area contributed by atoms with Crippen molar-refractivity contribution in [1.29, 1.82) is 0 Å². The summed E-state index contributed by atoms with van der Waals surface area (Å²) in [6.45, 7) is 1.91. The van der Waals surface area contributed by atoms with E-state index in [0.717, 1.165) is 15.5 Å². The second-order valence-corrected chi connectivity index (χ2v) is 5.97. The Labute approximate surface area is 130 Å². The zero-order chi connectivity index (χ0) is 15.1. The molecule has 0 radical (unpaired) electrons. The second-order valence-electron chi connectivity index (χ2n) is 5.01. The van der Waals surface area contributed by atoms with Gasteiger partial charge in [-0.25, -0.2) is 9.50 Å². The Balaban J connectivity index is 1.85. The molecule has 1 N–H and O–H groups in total. The van der Waals surface area contributed by atoms with E-state index in [-0.39, 0.29) is 6.61 Å². The van der Waals surface area contributed by atoms with Gasteiger partial charge in [0.15, 0.2) is 5.76 Å². The molecule has 6 heteroatoms. The lowest BCUT2D eigenvalue weighted by atomic mass is 10.2. The van der Waals surface area contributed by atoms with Crippen LogP contribution in [-0.4, -0.2) is 19.7 Å². The number of aryl methyl sites for hydroxylation is 1. The average Bonchev–Trinajstić information content (AvgIpc) is 3.22. The number of imidazole rings is 1. The smallest absolute Gasteiger partial charge is 0.213 e. The Bertz CT molecular complexity index is 921. The lowest BCUT2D eigenvalue weighted by Gasteiger charge is -1.98. The monoisotopic (exact) mass is 311 g/mol. The van der Waals surface area contributed by atoms with Gasteiger partial charge in [0.25, 0.3) is 0 Å². The van der Waals surface area contributed by atoms with Gasteiger partial charge >= 0.3 is 0 Å². The van der Waals surface area contributed by atoms with Crippen molar-refractivity contribution in [2.75, 3.05) is 0 Å². The quantitative estimate of drug-likeness (QED) is 0.629. The Kier molecular flexibility index (Phi) is 3.06. The van der Waals surface area contributed by atoms with Crippen molar-refractivity contribution in [2.24, 2.45) is 0 Å². The van der Waals surface area contributed by atoms with Crippen molar-refractivity contribution < 1.29 is 9.52 Å². The minimum Gasteiger partial charge on any atom is -0.463 e. The molecule has 0 unspecified atom stereocenters. The van der Waals surface area contributed by atoms with Gasteiger partial charge in [0, 0.05) is 5.56 Å². The van der Waals surface area contributed by atoms with E-state index in [0.29, 0.717) is 17.1 Å². The lowest BCUT2D eigenvalue weighted by molar-refractivity contribution is 0.274. The molecular weight excluding hydrogens is 298 g/mol. The first-order chi connectivity index (χ1) is 10.8. The average molecular weight is 311 g/mol. The number of furan rings is 1. The first-order valence-electron chi connectivity index (χ1n) is 6.86. The SMILES string of the molecule is Cc1ccc(-c2nn3c(CO)c(-c4ccco4)nc3s2)cc1. The number of hydrogen-bond donors (Lipinski definition) is 1. The minimum absolute atomic E-state index is 0.145. The van der Waals surface area contributed by atoms with Crippen molar-refractivity contribution >= 4 is 16.3 Å². The summed E-state index contributed by atoms with van der Waals surface area (Å²) in [5.74, 6) is 0.638. The summed E-state index contributed by atoms with van der Waals surface area (Å²) in [6.07, 6.45) is 1.59. The molecule has 0 atom stereocenters. The fourth-order valence-electron chi connectivity index (χ4n) is 2.36. The number of nitrogens with zero attached hydrogens (tertiary/aromatic N) is 3. The second kappa shape index (κ2) is 5.08. The third-order valence-electron chi connectivity index (χ3n) is 3.50. The van der Waals surface area contributed by atoms with Gasteiger partial charge in [0.1, 0.15) is 16.4 Å². The van der Waals surface area contributed by atoms with Gasteiger partial charge in [-0.15, -0.1) is 0 Å². The highest BCUT2D eigenvalue weighted by molar-refractivity contribution is 7.19. The summed E-state index contributed by atoms with van der Waals surface area (Å²) in [6, 6.07) is 11.8. The van der Waals surface area contributed by atoms with Crippen LogP contribution in [0.15, 0.2) is 47.1 Å². The van der Waals surface area contributed by atoms with Crippen LogP contribution in [0, 0.1) is 6.92 Å². The van der Waals surface area contributed by atoms with Crippen molar-refractivity contribution in [3.05, 3.63) is 53.9 Å². The molecule has 4 aromatic rings. The van der Waals surface area contributed by atoms with E-state index in [1.807, 2.05) is 18.2 Å². The molecule has 0 saturated heterocycles. The molecule has 0 fully saturated rings. The number of aliphatic hydroxyl groups is 1. The van der Waals surface area contributed by atoms with Gasteiger partial charge < -0.3 is 9.52 Å². The molecule has 0 saturated carbocycles. The molecule has 3 aromatic heterocycles. The third-order valence-corrected chi connectivity index (χ3v) is 4.46. The maximum atomic E-state index is 9.68. The van der Waals surface area contributed by atoms with Crippen LogP contribution in [0.5, 0.6) is 0 Å². The van der Waals surface area contributed by atoms with Crippen LogP contribution in [0.2, 0.25) is 0 Å². The van der Waals surface area contributed by atoms with Crippen LogP contribution in [0.1, 0.15) is 11.3 Å². The zero-order valence-electron chi connectivity index (χ0n) is 11.9. The number of rotatable bonds is 3. The van der Waals surface area contributed by atoms with Crippen molar-refractivity contribution in [2.45, 2.75) is 13.5 Å². The summed E-state index contributed by atoms with van der Waals surface area (Å²) in [4.78, 5) is 5.30. The maximum absolute atomic E-state index is 9.68. The molecule has 3 heterocycles. The van der Waals surface area contributed by atoms with E-state index in [2.05, 4.69) is 29.1 Å². The molecule has 110 valence electrons. The molecule has 0 aliphatic carbocycles. The van der Waals surface area contributed by atoms with Crippen LogP contribution >= 0.6 is 11.3 Å². The molecule has 0 amide bonds. The number of aliphatic hydroxyl groups excluding tert-OH is 1. The highest BCUT2D eigenvalue weighted by Crippen LogP contribution is 2.31. The summed E-state index contributed by atoms with van der Waals surface area (Å²) in [5.41, 5.74) is 3.53. The Morgan fingerprint density at radius 3 is 2.73 bits per heavy atom. The van der Waals surface area contributed by atoms with Crippen LogP contribution in [0.4, 0.5) is 0 Å². The molecular formula is C16H13N3O2S. The van der Waals surface area contributed by atoms with E-state index in [4.69, 9.17) is 4.42 Å². The van der Waals surface area contributed by atoms with E-state index < -0.39 is 0 Å². The topological polar surface area (TPSA) is 63.6 Å². The van der Waals surface area contributed by atoms with Crippen LogP contribution in [0.25, 0.3) is 27.0 Å². The summed E-state index contributed by atoms with van der Waals surface area (Å²) >= 11 is 1.49. The zero-order valence-corrected chi connectivity index (χ0v) is 12.7. The normalized spacial score (nSPS) is 11.4. The van der Waals surface area contributed by atoms with E-state index in [9.17, 15) is 5.11 Å². The molecule has 0 aliphatic rings. The van der Waals surface area contributed by atoms with Crippen molar-refractivity contribution in [3.8, 4) is 22.0 Å². The highest BCUT2D eigenvalue weighted by atomic mass is 32.1. The van der Waals surface area contributed by atoms with Crippen molar-refractivity contribution in [3.63, 3.8) is 0 Å². The number of fused-ring (bicyclic) bond motifs is 1. The number of benzene rings is 1. The fraction of sp³-hybridized carbons (Fsp3) is 0.125. The van der Waals surface area contributed by atoms with Crippen LogP contribution < -0.4 is 0 Å². The van der Waals surface area contributed by atoms with Gasteiger partial charge in [-0.05, 0) is 19.1 Å². The molecule has 0 aliphatic heterocycles. The summed E-state index contributed by atoms with van der Waals surface area (Å²) < 4.78 is 7.07. The Hall–Kier alpha value is -2.44. The molecule has 4 rings (SSSR count). The summed E-state index contributed by atoms with van der Waals surface area (Å²) in [5, 5.41) is 15.1. The molecule has 1 aromatic carbocycles. The summed E-state index contributed by atoms with van der Waals surface area (Å²) in [7, 11) is 0. The Morgan fingerprint density at radius 2 is 2.05 bits per heavy atom. The van der Waals surface area contributed by atoms with Gasteiger partial charge in [-0.3, -0.25) is 0 Å². The van der Waals surface area contributed by atoms with Gasteiger partial charge in [-0.1, -0.05) is 41.2 Å². The molecule has 5 nitrogen and oxygen atoms in total. The van der Waals surface area contributed by atoms with E-state index >= 15 is 0 Å². The van der Waals surface area contributed by atoms with Gasteiger partial charge in [0.05, 0.1) is 12.9 Å². The Morgan fingerprint density at radius 1 is 1.23 bits per heavy atom. The third kappa shape index (κ3) is 2.04. The molecule has 0 bridgehead atoms. The predicted molar refractivity (Wildman–Crippen MR) is 84.7 cm³/mol. The minimum atomic E-state index is -0.145. The van der Waals surface area contributed by atoms with Crippen LogP contribution in [-0.2, 0) is 6.61 Å². The van der Waals surface area contributed by atoms with E-state index in [1.165, 1.54) is 16.9 Å². The predicted octanol–water partition coefficient (Wildman–Crippen LogP) is 3.52. The largest absolute Gasteiger partial charge is 0.463 e. The first kappa shape index (κ1) is 13.2. The van der Waals surface area contributed by atoms with Crippen molar-refractivity contribution in [1.82, 2.24) is 14.6 Å². The maximum Gasteiger partial charge on any atom is 0.213 e. The van der Waals surface area contributed by atoms with Gasteiger partial charge in [-0.2, -0.15) is 5.10 Å². The standard InChI is InChI=1S/C16H13N3O2S/c1-10-4-6-11(7-5-10)15-18-19-12(9-20)14(17-16(19)22-15)13-3-2-8-21-13/h2-8,20H,9H2,1H3.